The van der Waals surface area contributed by atoms with Crippen molar-refractivity contribution in [2.45, 2.75) is 183 Å². The maximum Gasteiger partial charge on any atom is 0.149 e. The van der Waals surface area contributed by atoms with Gasteiger partial charge in [-0.3, -0.25) is 14.5 Å². The van der Waals surface area contributed by atoms with Crippen molar-refractivity contribution < 1.29 is 23.8 Å². The van der Waals surface area contributed by atoms with E-state index in [1.165, 1.54) is 12.8 Å². The predicted molar refractivity (Wildman–Crippen MR) is 218 cm³/mol. The van der Waals surface area contributed by atoms with Crippen LogP contribution in [0.15, 0.2) is 0 Å². The van der Waals surface area contributed by atoms with Crippen LogP contribution in [-0.4, -0.2) is 74.7 Å². The van der Waals surface area contributed by atoms with Gasteiger partial charge in [0.05, 0.1) is 18.8 Å². The molecule has 0 bridgehead atoms. The molecule has 0 radical (unpaired) electrons. The Morgan fingerprint density at radius 2 is 0.857 bits per heavy atom. The second kappa shape index (κ2) is 37.0. The fraction of sp³-hybridized carbons (Fsp3) is 0.953. The van der Waals surface area contributed by atoms with E-state index in [0.29, 0.717) is 60.0 Å². The number of carbonyl (C=O) groups is 2. The van der Waals surface area contributed by atoms with E-state index in [1.54, 1.807) is 0 Å². The molecule has 0 saturated heterocycles. The van der Waals surface area contributed by atoms with E-state index in [2.05, 4.69) is 123 Å². The van der Waals surface area contributed by atoms with Gasteiger partial charge in [0.25, 0.3) is 0 Å². The van der Waals surface area contributed by atoms with Gasteiger partial charge in [-0.05, 0) is 96.9 Å². The fourth-order valence-corrected chi connectivity index (χ4v) is 3.02. The van der Waals surface area contributed by atoms with Crippen molar-refractivity contribution in [2.75, 3.05) is 40.0 Å². The summed E-state index contributed by atoms with van der Waals surface area (Å²) in [4.78, 5) is 24.5. The van der Waals surface area contributed by atoms with E-state index in [9.17, 15) is 9.59 Å². The van der Waals surface area contributed by atoms with Gasteiger partial charge >= 0.3 is 0 Å². The number of Topliss-reactive ketones (excluding diaryl/α,β-unsaturated/α-hetero) is 2. The van der Waals surface area contributed by atoms with Crippen LogP contribution < -0.4 is 0 Å². The first-order chi connectivity index (χ1) is 22.3. The Morgan fingerprint density at radius 1 is 0.510 bits per heavy atom. The highest BCUT2D eigenvalue weighted by atomic mass is 16.5. The zero-order valence-electron chi connectivity index (χ0n) is 37.5. The number of carbonyl (C=O) groups excluding carboxylic acids is 2. The molecule has 0 spiro atoms. The summed E-state index contributed by atoms with van der Waals surface area (Å²) in [6.45, 7) is 48.5. The molecule has 0 aliphatic rings. The molecule has 1 atom stereocenters. The largest absolute Gasteiger partial charge is 0.381 e. The Balaban J connectivity index is -0.000000165. The smallest absolute Gasteiger partial charge is 0.149 e. The standard InChI is InChI=1S/C10H20O.C9H19NO.3C8H18O/c1-7(2)9(5)6-10(11)8(3)4;1-7(2)9(11)6-10(5)8(3)4;1-7(2)5-9-6-8(3)4;2*1-7(2)5-6-9-8(3)4/h7-9H,6H2,1-5H3;7-8H,6H2,1-5H3;3*7-8H,5-6H2,1-4H3. The number of likely N-dealkylation sites (N-methyl/N-ethyl adjacent to an activating group) is 1. The van der Waals surface area contributed by atoms with Crippen LogP contribution in [0.3, 0.4) is 0 Å². The Kier molecular flexibility index (Phi) is 43.4. The van der Waals surface area contributed by atoms with Crippen LogP contribution in [0.1, 0.15) is 165 Å². The van der Waals surface area contributed by atoms with Crippen molar-refractivity contribution in [1.29, 1.82) is 0 Å². The van der Waals surface area contributed by atoms with Crippen molar-refractivity contribution in [2.24, 2.45) is 47.3 Å². The number of ketones is 2. The quantitative estimate of drug-likeness (QED) is 0.126. The molecule has 0 fully saturated rings. The van der Waals surface area contributed by atoms with Crippen LogP contribution in [0.25, 0.3) is 0 Å². The summed E-state index contributed by atoms with van der Waals surface area (Å²) in [6.07, 6.45) is 3.89. The topological polar surface area (TPSA) is 65.1 Å². The lowest BCUT2D eigenvalue weighted by molar-refractivity contribution is -0.123. The number of nitrogens with zero attached hydrogens (tertiary/aromatic N) is 1. The van der Waals surface area contributed by atoms with Gasteiger partial charge < -0.3 is 14.2 Å². The third-order valence-electron chi connectivity index (χ3n) is 7.43. The predicted octanol–water partition coefficient (Wildman–Crippen LogP) is 11.7. The molecule has 0 N–H and O–H groups in total. The molecule has 0 aliphatic heterocycles. The maximum absolute atomic E-state index is 11.3. The maximum atomic E-state index is 11.3. The third-order valence-corrected chi connectivity index (χ3v) is 7.43. The Morgan fingerprint density at radius 3 is 1.08 bits per heavy atom. The molecule has 49 heavy (non-hydrogen) atoms. The average Bonchev–Trinajstić information content (AvgIpc) is 2.92. The lowest BCUT2D eigenvalue weighted by Crippen LogP contribution is -2.33. The zero-order valence-corrected chi connectivity index (χ0v) is 37.5. The van der Waals surface area contributed by atoms with E-state index < -0.39 is 0 Å². The van der Waals surface area contributed by atoms with Crippen LogP contribution in [0.5, 0.6) is 0 Å². The van der Waals surface area contributed by atoms with E-state index in [4.69, 9.17) is 14.2 Å². The van der Waals surface area contributed by atoms with Gasteiger partial charge in [0.1, 0.15) is 11.6 Å². The normalized spacial score (nSPS) is 12.0. The lowest BCUT2D eigenvalue weighted by Gasteiger charge is -2.20. The van der Waals surface area contributed by atoms with Gasteiger partial charge in [-0.1, -0.05) is 104 Å². The van der Waals surface area contributed by atoms with Gasteiger partial charge in [0, 0.05) is 50.7 Å². The molecule has 300 valence electrons. The highest BCUT2D eigenvalue weighted by Crippen LogP contribution is 2.16. The number of rotatable bonds is 20. The molecule has 0 aromatic heterocycles. The van der Waals surface area contributed by atoms with Gasteiger partial charge in [0.15, 0.2) is 0 Å². The van der Waals surface area contributed by atoms with Gasteiger partial charge in [0.2, 0.25) is 0 Å². The van der Waals surface area contributed by atoms with Crippen molar-refractivity contribution in [3.63, 3.8) is 0 Å². The number of ether oxygens (including phenoxy) is 3. The molecule has 1 unspecified atom stereocenters. The van der Waals surface area contributed by atoms with Crippen LogP contribution in [0.2, 0.25) is 0 Å². The summed E-state index contributed by atoms with van der Waals surface area (Å²) in [5.41, 5.74) is 0. The summed E-state index contributed by atoms with van der Waals surface area (Å²) in [6, 6.07) is 0.456. The van der Waals surface area contributed by atoms with Crippen molar-refractivity contribution in [3.05, 3.63) is 0 Å². The molecule has 6 heteroatoms. The average molecular weight is 704 g/mol. The van der Waals surface area contributed by atoms with E-state index in [0.717, 1.165) is 44.7 Å². The summed E-state index contributed by atoms with van der Waals surface area (Å²) in [7, 11) is 1.98. The van der Waals surface area contributed by atoms with Crippen LogP contribution >= 0.6 is 0 Å². The van der Waals surface area contributed by atoms with Crippen LogP contribution in [0, 0.1) is 47.3 Å². The third kappa shape index (κ3) is 56.8. The van der Waals surface area contributed by atoms with Gasteiger partial charge in [-0.25, -0.2) is 0 Å². The summed E-state index contributed by atoms with van der Waals surface area (Å²) < 4.78 is 16.1. The second-order valence-corrected chi connectivity index (χ2v) is 17.2. The SMILES string of the molecule is CC(C)C(=O)CC(C)C(C)C.CC(C)C(=O)CN(C)C(C)C.CC(C)CCOC(C)C.CC(C)CCOC(C)C.CC(C)COCC(C)C. The minimum Gasteiger partial charge on any atom is -0.381 e. The monoisotopic (exact) mass is 704 g/mol. The zero-order chi connectivity index (χ0) is 39.9. The molecule has 0 aromatic rings. The minimum atomic E-state index is 0.163. The first-order valence-electron chi connectivity index (χ1n) is 19.8. The molecule has 0 rings (SSSR count). The molecule has 0 aliphatic carbocycles. The Labute approximate surface area is 310 Å². The molecule has 0 saturated carbocycles. The molecule has 6 nitrogen and oxygen atoms in total. The van der Waals surface area contributed by atoms with Crippen molar-refractivity contribution in [1.82, 2.24) is 4.90 Å². The summed E-state index contributed by atoms with van der Waals surface area (Å²) in [5, 5.41) is 0. The van der Waals surface area contributed by atoms with Crippen LogP contribution in [-0.2, 0) is 23.8 Å². The molecule has 0 heterocycles. The summed E-state index contributed by atoms with van der Waals surface area (Å²) >= 11 is 0. The molecule has 0 aromatic carbocycles. The van der Waals surface area contributed by atoms with Crippen molar-refractivity contribution >= 4 is 11.6 Å². The van der Waals surface area contributed by atoms with E-state index >= 15 is 0 Å². The summed E-state index contributed by atoms with van der Waals surface area (Å²) in [5.74, 6) is 5.11. The van der Waals surface area contributed by atoms with E-state index in [1.807, 2.05) is 34.7 Å². The molecule has 0 amide bonds. The molecular weight excluding hydrogens is 610 g/mol. The van der Waals surface area contributed by atoms with E-state index in [-0.39, 0.29) is 11.8 Å². The van der Waals surface area contributed by atoms with Crippen molar-refractivity contribution in [3.8, 4) is 0 Å². The van der Waals surface area contributed by atoms with Gasteiger partial charge in [-0.15, -0.1) is 0 Å². The number of hydrogen-bond acceptors (Lipinski definition) is 6. The highest BCUT2D eigenvalue weighted by Gasteiger charge is 2.14. The highest BCUT2D eigenvalue weighted by molar-refractivity contribution is 5.82. The van der Waals surface area contributed by atoms with Gasteiger partial charge in [-0.2, -0.15) is 0 Å². The Hall–Kier alpha value is -0.820. The van der Waals surface area contributed by atoms with Crippen LogP contribution in [0.4, 0.5) is 0 Å². The molecular formula is C43H93NO5. The number of hydrogen-bond donors (Lipinski definition) is 0. The first kappa shape index (κ1) is 57.5. The lowest BCUT2D eigenvalue weighted by atomic mass is 9.90. The minimum absolute atomic E-state index is 0.163. The fourth-order valence-electron chi connectivity index (χ4n) is 3.02. The first-order valence-corrected chi connectivity index (χ1v) is 19.8. The Bertz CT molecular complexity index is 598. The second-order valence-electron chi connectivity index (χ2n) is 17.2.